The van der Waals surface area contributed by atoms with Gasteiger partial charge in [0.25, 0.3) is 0 Å². The van der Waals surface area contributed by atoms with Crippen molar-refractivity contribution in [2.75, 3.05) is 0 Å². The molecule has 1 rings (SSSR count). The molecule has 0 aliphatic carbocycles. The number of carboxylic acids is 1. The highest BCUT2D eigenvalue weighted by molar-refractivity contribution is 6.33. The Kier molecular flexibility index (Phi) is 2.62. The number of hydrogen-bond acceptors (Lipinski definition) is 1. The van der Waals surface area contributed by atoms with Crippen molar-refractivity contribution in [3.05, 3.63) is 35.4 Å². The maximum atomic E-state index is 10.8. The molecular weight excluding hydrogens is 188 g/mol. The number of hydrogen-bond donors (Lipinski definition) is 1. The van der Waals surface area contributed by atoms with E-state index in [0.717, 1.165) is 5.56 Å². The molecule has 2 nitrogen and oxygen atoms in total. The van der Waals surface area contributed by atoms with Crippen LogP contribution in [0.15, 0.2) is 24.3 Å². The minimum atomic E-state index is -1.33. The monoisotopic (exact) mass is 198 g/mol. The van der Waals surface area contributed by atoms with Crippen LogP contribution in [-0.2, 0) is 9.67 Å². The molecule has 0 saturated heterocycles. The topological polar surface area (TPSA) is 37.3 Å². The summed E-state index contributed by atoms with van der Waals surface area (Å²) < 4.78 is 0. The molecule has 1 N–H and O–H groups in total. The van der Waals surface area contributed by atoms with Crippen LogP contribution in [0.3, 0.4) is 0 Å². The average molecular weight is 199 g/mol. The van der Waals surface area contributed by atoms with E-state index in [0.29, 0.717) is 5.56 Å². The fourth-order valence-corrected chi connectivity index (χ4v) is 1.12. The van der Waals surface area contributed by atoms with Gasteiger partial charge in [-0.15, -0.1) is 11.6 Å². The van der Waals surface area contributed by atoms with Gasteiger partial charge in [0, 0.05) is 0 Å². The molecule has 0 aromatic heterocycles. The predicted octanol–water partition coefficient (Wildman–Crippen LogP) is 2.53. The number of halogens is 1. The minimum Gasteiger partial charge on any atom is -0.480 e. The van der Waals surface area contributed by atoms with E-state index in [-0.39, 0.29) is 0 Å². The van der Waals surface area contributed by atoms with Gasteiger partial charge in [-0.1, -0.05) is 29.8 Å². The Morgan fingerprint density at radius 2 is 1.85 bits per heavy atom. The quantitative estimate of drug-likeness (QED) is 0.742. The first kappa shape index (κ1) is 10.1. The van der Waals surface area contributed by atoms with Crippen LogP contribution in [-0.4, -0.2) is 11.1 Å². The van der Waals surface area contributed by atoms with E-state index in [1.54, 1.807) is 12.1 Å². The zero-order valence-electron chi connectivity index (χ0n) is 7.54. The van der Waals surface area contributed by atoms with Crippen LogP contribution >= 0.6 is 11.6 Å². The molecule has 0 bridgehead atoms. The summed E-state index contributed by atoms with van der Waals surface area (Å²) in [5.41, 5.74) is 1.69. The van der Waals surface area contributed by atoms with Crippen molar-refractivity contribution in [3.63, 3.8) is 0 Å². The van der Waals surface area contributed by atoms with Crippen LogP contribution in [0.2, 0.25) is 0 Å². The third-order valence-electron chi connectivity index (χ3n) is 2.00. The lowest BCUT2D eigenvalue weighted by atomic mass is 9.99. The van der Waals surface area contributed by atoms with E-state index in [4.69, 9.17) is 16.7 Å². The Hall–Kier alpha value is -1.02. The van der Waals surface area contributed by atoms with Crippen molar-refractivity contribution in [2.45, 2.75) is 18.7 Å². The van der Waals surface area contributed by atoms with Crippen LogP contribution < -0.4 is 0 Å². The second-order valence-corrected chi connectivity index (χ2v) is 3.93. The molecule has 1 aromatic rings. The fourth-order valence-electron chi connectivity index (χ4n) is 0.990. The molecule has 1 aromatic carbocycles. The van der Waals surface area contributed by atoms with Crippen LogP contribution in [0.5, 0.6) is 0 Å². The highest BCUT2D eigenvalue weighted by atomic mass is 35.5. The molecule has 0 aliphatic heterocycles. The summed E-state index contributed by atoms with van der Waals surface area (Å²) in [5.74, 6) is -1.03. The molecule has 0 amide bonds. The third kappa shape index (κ3) is 2.01. The largest absolute Gasteiger partial charge is 0.480 e. The Morgan fingerprint density at radius 1 is 1.38 bits per heavy atom. The van der Waals surface area contributed by atoms with Crippen LogP contribution in [0.25, 0.3) is 0 Å². The SMILES string of the molecule is Cc1ccc([C@@](C)(Cl)C(=O)O)cc1. The van der Waals surface area contributed by atoms with Crippen LogP contribution in [0.1, 0.15) is 18.1 Å². The second kappa shape index (κ2) is 3.38. The van der Waals surface area contributed by atoms with Gasteiger partial charge in [0.05, 0.1) is 0 Å². The van der Waals surface area contributed by atoms with E-state index >= 15 is 0 Å². The van der Waals surface area contributed by atoms with Crippen molar-refractivity contribution >= 4 is 17.6 Å². The van der Waals surface area contributed by atoms with Crippen molar-refractivity contribution in [1.29, 1.82) is 0 Å². The number of benzene rings is 1. The molecule has 0 unspecified atom stereocenters. The Labute approximate surface area is 82.2 Å². The number of aliphatic carboxylic acids is 1. The standard InChI is InChI=1S/C10H11ClO2/c1-7-3-5-8(6-4-7)10(2,11)9(12)13/h3-6H,1-2H3,(H,12,13)/t10-/m1/s1. The summed E-state index contributed by atoms with van der Waals surface area (Å²) in [6.07, 6.45) is 0. The Morgan fingerprint density at radius 3 is 2.23 bits per heavy atom. The van der Waals surface area contributed by atoms with E-state index in [1.165, 1.54) is 6.92 Å². The number of aryl methyl sites for hydroxylation is 1. The summed E-state index contributed by atoms with van der Waals surface area (Å²) in [6.45, 7) is 3.41. The fraction of sp³-hybridized carbons (Fsp3) is 0.300. The molecule has 0 spiro atoms. The van der Waals surface area contributed by atoms with Gasteiger partial charge in [-0.3, -0.25) is 0 Å². The molecule has 70 valence electrons. The number of carboxylic acid groups (broad SMARTS) is 1. The zero-order valence-corrected chi connectivity index (χ0v) is 8.30. The normalized spacial score (nSPS) is 15.0. The lowest BCUT2D eigenvalue weighted by Gasteiger charge is -2.16. The molecule has 0 heterocycles. The highest BCUT2D eigenvalue weighted by Crippen LogP contribution is 2.28. The van der Waals surface area contributed by atoms with Gasteiger partial charge in [0.2, 0.25) is 0 Å². The van der Waals surface area contributed by atoms with Crippen LogP contribution in [0.4, 0.5) is 0 Å². The van der Waals surface area contributed by atoms with Gasteiger partial charge < -0.3 is 5.11 Å². The Balaban J connectivity index is 3.08. The lowest BCUT2D eigenvalue weighted by molar-refractivity contribution is -0.139. The highest BCUT2D eigenvalue weighted by Gasteiger charge is 2.32. The molecule has 1 atom stereocenters. The first-order valence-electron chi connectivity index (χ1n) is 3.94. The third-order valence-corrected chi connectivity index (χ3v) is 2.38. The van der Waals surface area contributed by atoms with Crippen molar-refractivity contribution in [2.24, 2.45) is 0 Å². The molecule has 0 fully saturated rings. The van der Waals surface area contributed by atoms with Gasteiger partial charge in [-0.2, -0.15) is 0 Å². The first-order valence-corrected chi connectivity index (χ1v) is 4.32. The smallest absolute Gasteiger partial charge is 0.329 e. The van der Waals surface area contributed by atoms with Gasteiger partial charge in [-0.05, 0) is 19.4 Å². The molecule has 3 heteroatoms. The summed E-state index contributed by atoms with van der Waals surface area (Å²) in [4.78, 5) is 9.45. The number of carbonyl (C=O) groups is 1. The van der Waals surface area contributed by atoms with Crippen molar-refractivity contribution in [3.8, 4) is 0 Å². The van der Waals surface area contributed by atoms with Crippen molar-refractivity contribution in [1.82, 2.24) is 0 Å². The maximum absolute atomic E-state index is 10.8. The lowest BCUT2D eigenvalue weighted by Crippen LogP contribution is -2.25. The molecular formula is C10H11ClO2. The summed E-state index contributed by atoms with van der Waals surface area (Å²) in [6, 6.07) is 7.16. The van der Waals surface area contributed by atoms with E-state index in [9.17, 15) is 4.79 Å². The number of alkyl halides is 1. The average Bonchev–Trinajstić information content (AvgIpc) is 2.04. The van der Waals surface area contributed by atoms with Crippen molar-refractivity contribution < 1.29 is 9.90 Å². The summed E-state index contributed by atoms with van der Waals surface area (Å²) in [7, 11) is 0. The molecule has 0 saturated carbocycles. The van der Waals surface area contributed by atoms with Crippen LogP contribution in [0, 0.1) is 6.92 Å². The van der Waals surface area contributed by atoms with Gasteiger partial charge >= 0.3 is 5.97 Å². The van der Waals surface area contributed by atoms with Gasteiger partial charge in [0.1, 0.15) is 0 Å². The Bertz CT molecular complexity index is 314. The summed E-state index contributed by atoms with van der Waals surface area (Å²) >= 11 is 5.85. The minimum absolute atomic E-state index is 0.604. The molecule has 0 radical (unpaired) electrons. The second-order valence-electron chi connectivity index (χ2n) is 3.17. The van der Waals surface area contributed by atoms with E-state index in [2.05, 4.69) is 0 Å². The first-order chi connectivity index (χ1) is 5.94. The molecule has 0 aliphatic rings. The predicted molar refractivity (Wildman–Crippen MR) is 52.0 cm³/mol. The zero-order chi connectivity index (χ0) is 10.1. The van der Waals surface area contributed by atoms with E-state index in [1.807, 2.05) is 19.1 Å². The molecule has 13 heavy (non-hydrogen) atoms. The maximum Gasteiger partial charge on any atom is 0.329 e. The van der Waals surface area contributed by atoms with Gasteiger partial charge in [0.15, 0.2) is 4.87 Å². The van der Waals surface area contributed by atoms with E-state index < -0.39 is 10.8 Å². The van der Waals surface area contributed by atoms with Gasteiger partial charge in [-0.25, -0.2) is 4.79 Å². The number of rotatable bonds is 2. The summed E-state index contributed by atoms with van der Waals surface area (Å²) in [5, 5.41) is 8.83.